The van der Waals surface area contributed by atoms with Crippen LogP contribution in [0, 0.1) is 30.2 Å². The van der Waals surface area contributed by atoms with Gasteiger partial charge >= 0.3 is 0 Å². The third-order valence-corrected chi connectivity index (χ3v) is 15.5. The van der Waals surface area contributed by atoms with E-state index in [0.717, 1.165) is 72.3 Å². The minimum Gasteiger partial charge on any atom is -0.501 e. The van der Waals surface area contributed by atoms with Gasteiger partial charge in [0, 0.05) is 48.7 Å². The fourth-order valence-corrected chi connectivity index (χ4v) is 10.9. The molecule has 0 amide bonds. The second-order valence-electron chi connectivity index (χ2n) is 21.1. The molecule has 10 rings (SSSR count). The normalized spacial score (nSPS) is 13.8. The van der Waals surface area contributed by atoms with Gasteiger partial charge < -0.3 is 14.0 Å². The molecule has 0 aliphatic rings. The van der Waals surface area contributed by atoms with Gasteiger partial charge in [0.15, 0.2) is 0 Å². The molecule has 0 saturated carbocycles. The molecule has 0 N–H and O–H groups in total. The summed E-state index contributed by atoms with van der Waals surface area (Å²) in [7, 11) is -1.80. The van der Waals surface area contributed by atoms with E-state index in [2.05, 4.69) is 184 Å². The van der Waals surface area contributed by atoms with Crippen LogP contribution in [0.4, 0.5) is 4.39 Å². The van der Waals surface area contributed by atoms with E-state index in [-0.39, 0.29) is 36.6 Å². The number of hydrogen-bond acceptors (Lipinski definition) is 3. The number of para-hydroxylation sites is 3. The largest absolute Gasteiger partial charge is 0.501 e. The van der Waals surface area contributed by atoms with Gasteiger partial charge in [-0.2, -0.15) is 0 Å². The molecular formula is C64H64FIrN3OSi-2. The fourth-order valence-electron chi connectivity index (χ4n) is 9.33. The van der Waals surface area contributed by atoms with Gasteiger partial charge in [-0.1, -0.05) is 207 Å². The minimum atomic E-state index is -2.39. The van der Waals surface area contributed by atoms with Crippen molar-refractivity contribution in [3.63, 3.8) is 0 Å². The van der Waals surface area contributed by atoms with Gasteiger partial charge in [0.1, 0.15) is 5.58 Å². The van der Waals surface area contributed by atoms with Crippen LogP contribution in [-0.2, 0) is 20.1 Å². The Morgan fingerprint density at radius 3 is 1.96 bits per heavy atom. The third kappa shape index (κ3) is 10.3. The standard InChI is InChI=1S/C43H35N2O.C21H29FNSi.Ir/c1-27(2)33-14-10-15-34(28(3)4)41(33)45-39-19-9-8-18-38(39)44-43(45)37-17-11-16-36-35-25-24-32(26-40(35)46-42(36)37)31-22-20-30(21-23-31)29-12-6-5-7-13-29;1-14-9-10-16(18(22)11-14)19-12-17(15(2)21(3,4)5)20(13-23-19)24(6,7)8;/h5-16,18-28H,1-4H3;9,11-13,15H,1-8H3;/q2*-1;/i;1D3,15D;. The van der Waals surface area contributed by atoms with E-state index in [9.17, 15) is 4.39 Å². The summed E-state index contributed by atoms with van der Waals surface area (Å²) in [5, 5.41) is 3.22. The van der Waals surface area contributed by atoms with Gasteiger partial charge in [0.2, 0.25) is 0 Å². The Kier molecular flexibility index (Phi) is 13.2. The number of furan rings is 1. The first-order chi connectivity index (χ1) is 34.9. The summed E-state index contributed by atoms with van der Waals surface area (Å²) in [5.74, 6) is -0.0503. The fraction of sp³-hybridized carbons (Fsp3) is 0.250. The van der Waals surface area contributed by atoms with Crippen molar-refractivity contribution in [2.24, 2.45) is 5.41 Å². The van der Waals surface area contributed by atoms with Crippen molar-refractivity contribution in [3.05, 3.63) is 192 Å². The van der Waals surface area contributed by atoms with Crippen LogP contribution in [0.15, 0.2) is 156 Å². The van der Waals surface area contributed by atoms with E-state index in [1.165, 1.54) is 34.0 Å². The Morgan fingerprint density at radius 2 is 1.32 bits per heavy atom. The first kappa shape index (κ1) is 45.9. The van der Waals surface area contributed by atoms with Gasteiger partial charge in [-0.3, -0.25) is 9.37 Å². The van der Waals surface area contributed by atoms with E-state index in [1.54, 1.807) is 12.3 Å². The number of hydrogen-bond donors (Lipinski definition) is 0. The summed E-state index contributed by atoms with van der Waals surface area (Å²) in [6.07, 6.45) is 1.76. The van der Waals surface area contributed by atoms with Gasteiger partial charge in [0.05, 0.1) is 30.5 Å². The van der Waals surface area contributed by atoms with E-state index in [4.69, 9.17) is 14.9 Å². The van der Waals surface area contributed by atoms with Crippen LogP contribution in [0.5, 0.6) is 0 Å². The summed E-state index contributed by atoms with van der Waals surface area (Å²) >= 11 is 0. The van der Waals surface area contributed by atoms with Crippen LogP contribution in [0.25, 0.3) is 83.6 Å². The van der Waals surface area contributed by atoms with Crippen LogP contribution in [0.3, 0.4) is 0 Å². The molecule has 3 heterocycles. The molecule has 0 bridgehead atoms. The van der Waals surface area contributed by atoms with Crippen molar-refractivity contribution < 1.29 is 34.4 Å². The molecule has 1 atom stereocenters. The zero-order chi connectivity index (χ0) is 53.1. The number of pyridine rings is 1. The van der Waals surface area contributed by atoms with Crippen molar-refractivity contribution in [1.82, 2.24) is 14.5 Å². The molecular weight excluding hydrogens is 1070 g/mol. The molecule has 3 aromatic heterocycles. The molecule has 71 heavy (non-hydrogen) atoms. The summed E-state index contributed by atoms with van der Waals surface area (Å²) in [6, 6.07) is 55.4. The molecule has 4 nitrogen and oxygen atoms in total. The van der Waals surface area contributed by atoms with Crippen LogP contribution in [0.1, 0.15) is 101 Å². The Balaban J connectivity index is 0.000000223. The first-order valence-electron chi connectivity index (χ1n) is 26.3. The molecule has 1 unspecified atom stereocenters. The number of halogens is 1. The second-order valence-corrected chi connectivity index (χ2v) is 26.1. The zero-order valence-corrected chi connectivity index (χ0v) is 45.9. The molecule has 0 spiro atoms. The summed E-state index contributed by atoms with van der Waals surface area (Å²) in [4.78, 5) is 9.71. The quantitative estimate of drug-likeness (QED) is 0.107. The Morgan fingerprint density at radius 1 is 0.690 bits per heavy atom. The van der Waals surface area contributed by atoms with Crippen LogP contribution < -0.4 is 5.19 Å². The Labute approximate surface area is 440 Å². The number of aromatic nitrogens is 3. The van der Waals surface area contributed by atoms with E-state index < -0.39 is 26.6 Å². The summed E-state index contributed by atoms with van der Waals surface area (Å²) in [5.41, 5.74) is 14.0. The van der Waals surface area contributed by atoms with E-state index in [0.29, 0.717) is 17.5 Å². The monoisotopic (exact) mass is 1130 g/mol. The van der Waals surface area contributed by atoms with Crippen molar-refractivity contribution in [2.45, 2.75) is 99.6 Å². The number of aryl methyl sites for hydroxylation is 1. The van der Waals surface area contributed by atoms with Gasteiger partial charge in [-0.25, -0.2) is 0 Å². The Bertz CT molecular complexity index is 3650. The van der Waals surface area contributed by atoms with E-state index >= 15 is 0 Å². The van der Waals surface area contributed by atoms with Crippen molar-refractivity contribution >= 4 is 46.2 Å². The number of imidazole rings is 1. The average molecular weight is 1130 g/mol. The smallest absolute Gasteiger partial charge is 0.121 e. The topological polar surface area (TPSA) is 43.9 Å². The number of nitrogens with zero attached hydrogens (tertiary/aromatic N) is 3. The zero-order valence-electron chi connectivity index (χ0n) is 46.5. The van der Waals surface area contributed by atoms with Crippen molar-refractivity contribution in [3.8, 4) is 50.6 Å². The van der Waals surface area contributed by atoms with Gasteiger partial charge in [-0.15, -0.1) is 42.0 Å². The second kappa shape index (κ2) is 20.5. The molecule has 363 valence electrons. The molecule has 7 aromatic carbocycles. The predicted molar refractivity (Wildman–Crippen MR) is 296 cm³/mol. The predicted octanol–water partition coefficient (Wildman–Crippen LogP) is 17.7. The molecule has 1 radical (unpaired) electrons. The van der Waals surface area contributed by atoms with Gasteiger partial charge in [-0.05, 0) is 85.6 Å². The molecule has 0 fully saturated rings. The van der Waals surface area contributed by atoms with Crippen LogP contribution in [0.2, 0.25) is 19.6 Å². The number of rotatable bonds is 9. The molecule has 0 aliphatic carbocycles. The number of fused-ring (bicyclic) bond motifs is 4. The molecule has 0 aliphatic heterocycles. The van der Waals surface area contributed by atoms with Crippen molar-refractivity contribution in [2.75, 3.05) is 0 Å². The minimum absolute atomic E-state index is 0. The van der Waals surface area contributed by atoms with Gasteiger partial charge in [0.25, 0.3) is 0 Å². The third-order valence-electron chi connectivity index (χ3n) is 13.5. The van der Waals surface area contributed by atoms with Crippen LogP contribution in [-0.4, -0.2) is 22.6 Å². The number of benzene rings is 7. The molecule has 10 aromatic rings. The maximum absolute atomic E-state index is 14.7. The maximum atomic E-state index is 14.7. The Hall–Kier alpha value is -6.24. The molecule has 0 saturated heterocycles. The van der Waals surface area contributed by atoms with E-state index in [1.807, 2.05) is 39.8 Å². The summed E-state index contributed by atoms with van der Waals surface area (Å²) < 4.78 is 55.2. The van der Waals surface area contributed by atoms with Crippen LogP contribution >= 0.6 is 0 Å². The first-order valence-corrected chi connectivity index (χ1v) is 27.8. The molecule has 7 heteroatoms. The maximum Gasteiger partial charge on any atom is 0.121 e. The van der Waals surface area contributed by atoms with Crippen molar-refractivity contribution in [1.29, 1.82) is 0 Å². The SMILES string of the molecule is CC(C)c1cccc(C(C)C)c1-n1c(-c2[c-]ccc3c2oc2cc(-c4ccc(-c5ccccc5)cc4)ccc23)nc2ccccc21.[2H]C([2H])([2H])c1c[c-]c(-c2cc(C([2H])(C)C(C)(C)C)c([Si](C)(C)C)cn2)c(F)c1.[Ir]. The summed E-state index contributed by atoms with van der Waals surface area (Å²) in [6.45, 7) is 21.2. The average Bonchev–Trinajstić information content (AvgIpc) is 3.94.